The maximum Gasteiger partial charge on any atom is 0.148 e. The van der Waals surface area contributed by atoms with Gasteiger partial charge in [-0.15, -0.1) is 0 Å². The summed E-state index contributed by atoms with van der Waals surface area (Å²) in [7, 11) is 0. The van der Waals surface area contributed by atoms with Crippen LogP contribution in [0.15, 0.2) is 45.5 Å². The van der Waals surface area contributed by atoms with Gasteiger partial charge in [-0.2, -0.15) is 0 Å². The fourth-order valence-corrected chi connectivity index (χ4v) is 2.85. The minimum absolute atomic E-state index is 0.638. The minimum atomic E-state index is 0.638. The van der Waals surface area contributed by atoms with Gasteiger partial charge in [0, 0.05) is 5.39 Å². The normalized spacial score (nSPS) is 11.4. The zero-order chi connectivity index (χ0) is 11.8. The molecule has 0 unspecified atom stereocenters. The zero-order valence-electron chi connectivity index (χ0n) is 9.24. The van der Waals surface area contributed by atoms with Crippen LogP contribution in [-0.2, 0) is 6.42 Å². The zero-order valence-corrected chi connectivity index (χ0v) is 10.8. The number of nitrogens with two attached hydrogens (primary N) is 1. The molecule has 2 nitrogen and oxygen atoms in total. The lowest BCUT2D eigenvalue weighted by Gasteiger charge is -2.02. The molecular weight excluding hydrogens is 278 g/mol. The number of furan rings is 1. The summed E-state index contributed by atoms with van der Waals surface area (Å²) in [6.07, 6.45) is 2.65. The van der Waals surface area contributed by atoms with Crippen LogP contribution in [0.25, 0.3) is 21.7 Å². The Morgan fingerprint density at radius 2 is 2.00 bits per heavy atom. The van der Waals surface area contributed by atoms with E-state index in [4.69, 9.17) is 10.2 Å². The molecule has 0 saturated heterocycles. The predicted octanol–water partition coefficient (Wildman–Crippen LogP) is 3.85. The lowest BCUT2D eigenvalue weighted by atomic mass is 10.0. The Balaban J connectivity index is 2.40. The molecule has 0 aliphatic rings. The first kappa shape index (κ1) is 10.8. The van der Waals surface area contributed by atoms with Crippen LogP contribution in [0.2, 0.25) is 0 Å². The number of halogens is 1. The van der Waals surface area contributed by atoms with Crippen LogP contribution in [0.1, 0.15) is 5.56 Å². The van der Waals surface area contributed by atoms with Gasteiger partial charge in [-0.05, 0) is 51.3 Å². The van der Waals surface area contributed by atoms with Gasteiger partial charge in [0.25, 0.3) is 0 Å². The van der Waals surface area contributed by atoms with Gasteiger partial charge in [-0.3, -0.25) is 0 Å². The molecule has 3 aromatic rings. The van der Waals surface area contributed by atoms with Crippen molar-refractivity contribution in [1.82, 2.24) is 0 Å². The molecule has 0 spiro atoms. The van der Waals surface area contributed by atoms with Crippen LogP contribution in [0.4, 0.5) is 0 Å². The third-order valence-corrected chi connectivity index (χ3v) is 3.81. The van der Waals surface area contributed by atoms with Gasteiger partial charge in [-0.1, -0.05) is 24.3 Å². The summed E-state index contributed by atoms with van der Waals surface area (Å²) in [5.74, 6) is 0. The van der Waals surface area contributed by atoms with E-state index in [9.17, 15) is 0 Å². The Bertz CT molecular complexity index is 687. The van der Waals surface area contributed by atoms with Crippen molar-refractivity contribution in [1.29, 1.82) is 0 Å². The van der Waals surface area contributed by atoms with Crippen LogP contribution in [0, 0.1) is 0 Å². The van der Waals surface area contributed by atoms with Crippen molar-refractivity contribution in [2.24, 2.45) is 5.73 Å². The third kappa shape index (κ3) is 1.66. The maximum atomic E-state index is 5.64. The van der Waals surface area contributed by atoms with Crippen LogP contribution >= 0.6 is 15.9 Å². The molecule has 0 fully saturated rings. The molecule has 0 aliphatic heterocycles. The molecule has 3 heteroatoms. The van der Waals surface area contributed by atoms with Gasteiger partial charge in [-0.25, -0.2) is 0 Å². The molecular formula is C14H12BrNO. The first-order valence-corrected chi connectivity index (χ1v) is 6.38. The predicted molar refractivity (Wildman–Crippen MR) is 74.2 cm³/mol. The van der Waals surface area contributed by atoms with Gasteiger partial charge < -0.3 is 10.2 Å². The summed E-state index contributed by atoms with van der Waals surface area (Å²) in [6.45, 7) is 0.638. The van der Waals surface area contributed by atoms with Crippen molar-refractivity contribution in [3.8, 4) is 0 Å². The number of benzene rings is 2. The highest BCUT2D eigenvalue weighted by atomic mass is 79.9. The summed E-state index contributed by atoms with van der Waals surface area (Å²) in [5.41, 5.74) is 7.69. The molecule has 0 saturated carbocycles. The molecule has 86 valence electrons. The van der Waals surface area contributed by atoms with E-state index in [1.807, 2.05) is 12.1 Å². The number of hydrogen-bond acceptors (Lipinski definition) is 2. The highest BCUT2D eigenvalue weighted by Gasteiger charge is 2.11. The molecule has 0 amide bonds. The van der Waals surface area contributed by atoms with Crippen molar-refractivity contribution < 1.29 is 4.42 Å². The molecule has 0 aliphatic carbocycles. The van der Waals surface area contributed by atoms with E-state index in [0.717, 1.165) is 21.9 Å². The van der Waals surface area contributed by atoms with E-state index >= 15 is 0 Å². The topological polar surface area (TPSA) is 39.2 Å². The molecule has 0 atom stereocenters. The van der Waals surface area contributed by atoms with Gasteiger partial charge in [0.15, 0.2) is 0 Å². The van der Waals surface area contributed by atoms with E-state index < -0.39 is 0 Å². The van der Waals surface area contributed by atoms with Gasteiger partial charge in [0.1, 0.15) is 5.58 Å². The van der Waals surface area contributed by atoms with Crippen molar-refractivity contribution in [3.05, 3.63) is 46.6 Å². The van der Waals surface area contributed by atoms with Crippen LogP contribution < -0.4 is 5.73 Å². The largest absolute Gasteiger partial charge is 0.463 e. The van der Waals surface area contributed by atoms with Crippen LogP contribution in [0.5, 0.6) is 0 Å². The second-order valence-corrected chi connectivity index (χ2v) is 4.88. The molecule has 3 rings (SSSR count). The lowest BCUT2D eigenvalue weighted by Crippen LogP contribution is -2.01. The van der Waals surface area contributed by atoms with Gasteiger partial charge >= 0.3 is 0 Å². The molecule has 2 N–H and O–H groups in total. The Hall–Kier alpha value is -1.32. The van der Waals surface area contributed by atoms with Crippen LogP contribution in [-0.4, -0.2) is 6.54 Å². The van der Waals surface area contributed by atoms with E-state index in [1.165, 1.54) is 16.3 Å². The Morgan fingerprint density at radius 3 is 2.82 bits per heavy atom. The van der Waals surface area contributed by atoms with Crippen LogP contribution in [0.3, 0.4) is 0 Å². The Kier molecular flexibility index (Phi) is 2.65. The lowest BCUT2D eigenvalue weighted by molar-refractivity contribution is 0.609. The second kappa shape index (κ2) is 4.17. The molecule has 0 radical (unpaired) electrons. The summed E-state index contributed by atoms with van der Waals surface area (Å²) in [4.78, 5) is 0. The molecule has 0 bridgehead atoms. The van der Waals surface area contributed by atoms with E-state index in [2.05, 4.69) is 34.1 Å². The molecule has 1 heterocycles. The summed E-state index contributed by atoms with van der Waals surface area (Å²) in [5, 5.41) is 3.54. The standard InChI is InChI=1S/C14H12BrNO/c15-13-11-4-2-1-3-9(11)7-12-10(5-6-16)8-17-14(12)13/h1-4,7-8H,5-6,16H2. The van der Waals surface area contributed by atoms with Crippen molar-refractivity contribution in [2.75, 3.05) is 6.54 Å². The maximum absolute atomic E-state index is 5.64. The third-order valence-electron chi connectivity index (χ3n) is 3.02. The molecule has 1 aromatic heterocycles. The highest BCUT2D eigenvalue weighted by molar-refractivity contribution is 9.10. The summed E-state index contributed by atoms with van der Waals surface area (Å²) in [6, 6.07) is 10.4. The molecule has 2 aromatic carbocycles. The fourth-order valence-electron chi connectivity index (χ4n) is 2.18. The van der Waals surface area contributed by atoms with E-state index in [1.54, 1.807) is 6.26 Å². The number of rotatable bonds is 2. The smallest absolute Gasteiger partial charge is 0.148 e. The Morgan fingerprint density at radius 1 is 1.18 bits per heavy atom. The summed E-state index contributed by atoms with van der Waals surface area (Å²) >= 11 is 3.62. The minimum Gasteiger partial charge on any atom is -0.463 e. The summed E-state index contributed by atoms with van der Waals surface area (Å²) < 4.78 is 6.66. The fraction of sp³-hybridized carbons (Fsp3) is 0.143. The quantitative estimate of drug-likeness (QED) is 0.778. The van der Waals surface area contributed by atoms with E-state index in [-0.39, 0.29) is 0 Å². The average molecular weight is 290 g/mol. The van der Waals surface area contributed by atoms with Crippen molar-refractivity contribution in [3.63, 3.8) is 0 Å². The SMILES string of the molecule is NCCc1coc2c(Br)c3ccccc3cc12. The number of hydrogen-bond donors (Lipinski definition) is 1. The highest BCUT2D eigenvalue weighted by Crippen LogP contribution is 2.35. The van der Waals surface area contributed by atoms with Gasteiger partial charge in [0.05, 0.1) is 10.7 Å². The second-order valence-electron chi connectivity index (χ2n) is 4.09. The Labute approximate surface area is 108 Å². The average Bonchev–Trinajstić information content (AvgIpc) is 2.74. The van der Waals surface area contributed by atoms with Gasteiger partial charge in [0.2, 0.25) is 0 Å². The van der Waals surface area contributed by atoms with Crippen molar-refractivity contribution in [2.45, 2.75) is 6.42 Å². The first-order chi connectivity index (χ1) is 8.31. The number of fused-ring (bicyclic) bond motifs is 2. The monoisotopic (exact) mass is 289 g/mol. The molecule has 17 heavy (non-hydrogen) atoms. The van der Waals surface area contributed by atoms with E-state index in [0.29, 0.717) is 6.54 Å². The van der Waals surface area contributed by atoms with Crippen molar-refractivity contribution >= 4 is 37.7 Å². The first-order valence-electron chi connectivity index (χ1n) is 5.58.